The van der Waals surface area contributed by atoms with E-state index in [2.05, 4.69) is 20.7 Å². The molecule has 0 N–H and O–H groups in total. The molecule has 1 heterocycles. The van der Waals surface area contributed by atoms with Gasteiger partial charge in [0.1, 0.15) is 17.1 Å². The van der Waals surface area contributed by atoms with E-state index in [4.69, 9.17) is 9.15 Å². The van der Waals surface area contributed by atoms with Crippen molar-refractivity contribution in [2.75, 3.05) is 20.8 Å². The summed E-state index contributed by atoms with van der Waals surface area (Å²) < 4.78 is 29.6. The zero-order chi connectivity index (χ0) is 18.6. The highest BCUT2D eigenvalue weighted by atomic mass is 79.9. The van der Waals surface area contributed by atoms with Gasteiger partial charge in [0.15, 0.2) is 18.2 Å². The molecule has 1 aromatic heterocycles. The molecule has 0 spiro atoms. The number of nitrogens with zero attached hydrogens (tertiary/aromatic N) is 1. The standard InChI is InChI=1S/C17H17BrFNO5/c1-10-13(17(22)23-3)7-12(25-10)8-20(2)16(21)9-24-15-5-4-11(18)6-14(15)19/h4-7H,8-9H2,1-3H3. The van der Waals surface area contributed by atoms with E-state index in [-0.39, 0.29) is 24.8 Å². The molecule has 0 aliphatic carbocycles. The van der Waals surface area contributed by atoms with E-state index in [1.54, 1.807) is 20.0 Å². The van der Waals surface area contributed by atoms with Crippen LogP contribution < -0.4 is 4.74 Å². The van der Waals surface area contributed by atoms with E-state index in [9.17, 15) is 14.0 Å². The topological polar surface area (TPSA) is 69.0 Å². The largest absolute Gasteiger partial charge is 0.481 e. The Balaban J connectivity index is 1.95. The van der Waals surface area contributed by atoms with Crippen LogP contribution in [0.4, 0.5) is 4.39 Å². The van der Waals surface area contributed by atoms with Gasteiger partial charge < -0.3 is 18.8 Å². The third kappa shape index (κ3) is 4.82. The molecule has 0 radical (unpaired) electrons. The summed E-state index contributed by atoms with van der Waals surface area (Å²) in [4.78, 5) is 25.0. The van der Waals surface area contributed by atoms with Crippen molar-refractivity contribution in [3.05, 3.63) is 51.6 Å². The molecule has 8 heteroatoms. The van der Waals surface area contributed by atoms with Gasteiger partial charge in [0, 0.05) is 11.5 Å². The molecule has 2 aromatic rings. The van der Waals surface area contributed by atoms with Crippen LogP contribution in [0.25, 0.3) is 0 Å². The number of hydrogen-bond acceptors (Lipinski definition) is 5. The second-order valence-electron chi connectivity index (χ2n) is 5.29. The lowest BCUT2D eigenvalue weighted by Crippen LogP contribution is -2.30. The van der Waals surface area contributed by atoms with Crippen molar-refractivity contribution in [3.8, 4) is 5.75 Å². The fourth-order valence-electron chi connectivity index (χ4n) is 2.10. The number of benzene rings is 1. The van der Waals surface area contributed by atoms with Gasteiger partial charge in [-0.15, -0.1) is 0 Å². The number of carbonyl (C=O) groups excluding carboxylic acids is 2. The summed E-state index contributed by atoms with van der Waals surface area (Å²) >= 11 is 3.15. The van der Waals surface area contributed by atoms with E-state index in [1.807, 2.05) is 0 Å². The van der Waals surface area contributed by atoms with Crippen LogP contribution in [-0.2, 0) is 16.1 Å². The number of hydrogen-bond donors (Lipinski definition) is 0. The average molecular weight is 414 g/mol. The first-order chi connectivity index (χ1) is 11.8. The summed E-state index contributed by atoms with van der Waals surface area (Å²) in [5, 5.41) is 0. The molecule has 1 aromatic carbocycles. The summed E-state index contributed by atoms with van der Waals surface area (Å²) in [5.74, 6) is -0.591. The third-order valence-corrected chi connectivity index (χ3v) is 3.93. The summed E-state index contributed by atoms with van der Waals surface area (Å²) in [6, 6.07) is 5.83. The van der Waals surface area contributed by atoms with E-state index < -0.39 is 11.8 Å². The highest BCUT2D eigenvalue weighted by Gasteiger charge is 2.18. The zero-order valence-corrected chi connectivity index (χ0v) is 15.6. The highest BCUT2D eigenvalue weighted by molar-refractivity contribution is 9.10. The molecule has 6 nitrogen and oxygen atoms in total. The Bertz CT molecular complexity index is 789. The van der Waals surface area contributed by atoms with Crippen LogP contribution >= 0.6 is 15.9 Å². The maximum atomic E-state index is 13.7. The fourth-order valence-corrected chi connectivity index (χ4v) is 2.43. The SMILES string of the molecule is COC(=O)c1cc(CN(C)C(=O)COc2ccc(Br)cc2F)oc1C. The number of rotatable bonds is 6. The van der Waals surface area contributed by atoms with Gasteiger partial charge in [0.2, 0.25) is 0 Å². The van der Waals surface area contributed by atoms with Crippen molar-refractivity contribution in [2.45, 2.75) is 13.5 Å². The smallest absolute Gasteiger partial charge is 0.341 e. The molecule has 0 aliphatic heterocycles. The van der Waals surface area contributed by atoms with Gasteiger partial charge in [-0.2, -0.15) is 0 Å². The second-order valence-corrected chi connectivity index (χ2v) is 6.20. The Hall–Kier alpha value is -2.35. The molecule has 0 aliphatic rings. The molecule has 0 atom stereocenters. The molecule has 0 saturated heterocycles. The predicted molar refractivity (Wildman–Crippen MR) is 90.9 cm³/mol. The number of ether oxygens (including phenoxy) is 2. The van der Waals surface area contributed by atoms with Gasteiger partial charge in [0.25, 0.3) is 5.91 Å². The number of aryl methyl sites for hydroxylation is 1. The van der Waals surface area contributed by atoms with Gasteiger partial charge in [0.05, 0.1) is 13.7 Å². The minimum atomic E-state index is -0.561. The quantitative estimate of drug-likeness (QED) is 0.679. The molecule has 2 rings (SSSR count). The minimum Gasteiger partial charge on any atom is -0.481 e. The minimum absolute atomic E-state index is 0.00762. The number of likely N-dealkylation sites (N-methyl/N-ethyl adjacent to an activating group) is 1. The van der Waals surface area contributed by atoms with Crippen LogP contribution in [0.3, 0.4) is 0 Å². The van der Waals surface area contributed by atoms with Crippen LogP contribution in [0.5, 0.6) is 5.75 Å². The Morgan fingerprint density at radius 3 is 2.68 bits per heavy atom. The van der Waals surface area contributed by atoms with Crippen LogP contribution in [0.2, 0.25) is 0 Å². The van der Waals surface area contributed by atoms with E-state index in [0.717, 1.165) is 0 Å². The van der Waals surface area contributed by atoms with Crippen LogP contribution in [0.15, 0.2) is 33.2 Å². The van der Waals surface area contributed by atoms with Crippen LogP contribution in [0.1, 0.15) is 21.9 Å². The number of esters is 1. The number of carbonyl (C=O) groups is 2. The first kappa shape index (κ1) is 19.0. The first-order valence-corrected chi connectivity index (χ1v) is 8.10. The molecule has 0 bridgehead atoms. The van der Waals surface area contributed by atoms with Crippen molar-refractivity contribution >= 4 is 27.8 Å². The van der Waals surface area contributed by atoms with Crippen molar-refractivity contribution in [1.82, 2.24) is 4.90 Å². The van der Waals surface area contributed by atoms with Crippen molar-refractivity contribution in [2.24, 2.45) is 0 Å². The lowest BCUT2D eigenvalue weighted by Gasteiger charge is -2.16. The maximum Gasteiger partial charge on any atom is 0.341 e. The van der Waals surface area contributed by atoms with Crippen LogP contribution in [-0.4, -0.2) is 37.5 Å². The van der Waals surface area contributed by atoms with E-state index >= 15 is 0 Å². The summed E-state index contributed by atoms with van der Waals surface area (Å²) in [5.41, 5.74) is 0.312. The summed E-state index contributed by atoms with van der Waals surface area (Å²) in [7, 11) is 2.84. The van der Waals surface area contributed by atoms with Gasteiger partial charge >= 0.3 is 5.97 Å². The van der Waals surface area contributed by atoms with E-state index in [0.29, 0.717) is 21.6 Å². The first-order valence-electron chi connectivity index (χ1n) is 7.31. The van der Waals surface area contributed by atoms with Crippen molar-refractivity contribution in [1.29, 1.82) is 0 Å². The van der Waals surface area contributed by atoms with Crippen LogP contribution in [0, 0.1) is 12.7 Å². The number of amides is 1. The zero-order valence-electron chi connectivity index (χ0n) is 14.0. The van der Waals surface area contributed by atoms with Crippen molar-refractivity contribution < 1.29 is 27.9 Å². The summed E-state index contributed by atoms with van der Waals surface area (Å²) in [6.07, 6.45) is 0. The predicted octanol–water partition coefficient (Wildman–Crippen LogP) is 3.31. The Labute approximate surface area is 152 Å². The monoisotopic (exact) mass is 413 g/mol. The second kappa shape index (κ2) is 8.15. The number of halogens is 2. The van der Waals surface area contributed by atoms with E-state index in [1.165, 1.54) is 30.2 Å². The third-order valence-electron chi connectivity index (χ3n) is 3.44. The highest BCUT2D eigenvalue weighted by Crippen LogP contribution is 2.21. The molecule has 0 fully saturated rings. The molecule has 134 valence electrons. The van der Waals surface area contributed by atoms with Gasteiger partial charge in [-0.25, -0.2) is 9.18 Å². The van der Waals surface area contributed by atoms with Crippen molar-refractivity contribution in [3.63, 3.8) is 0 Å². The Morgan fingerprint density at radius 1 is 1.32 bits per heavy atom. The molecular formula is C17H17BrFNO5. The molecular weight excluding hydrogens is 397 g/mol. The number of furan rings is 1. The summed E-state index contributed by atoms with van der Waals surface area (Å²) in [6.45, 7) is 1.46. The fraction of sp³-hybridized carbons (Fsp3) is 0.294. The maximum absolute atomic E-state index is 13.7. The Kier molecular flexibility index (Phi) is 6.19. The number of methoxy groups -OCH3 is 1. The molecule has 25 heavy (non-hydrogen) atoms. The lowest BCUT2D eigenvalue weighted by molar-refractivity contribution is -0.132. The molecule has 0 unspecified atom stereocenters. The lowest BCUT2D eigenvalue weighted by atomic mass is 10.2. The Morgan fingerprint density at radius 2 is 2.04 bits per heavy atom. The van der Waals surface area contributed by atoms with Gasteiger partial charge in [-0.3, -0.25) is 4.79 Å². The molecule has 0 saturated carbocycles. The normalized spacial score (nSPS) is 10.4. The average Bonchev–Trinajstić information content (AvgIpc) is 2.93. The molecule has 1 amide bonds. The van der Waals surface area contributed by atoms with Gasteiger partial charge in [-0.05, 0) is 31.2 Å². The van der Waals surface area contributed by atoms with Gasteiger partial charge in [-0.1, -0.05) is 15.9 Å².